The van der Waals surface area contributed by atoms with E-state index in [0.717, 1.165) is 12.1 Å². The number of aliphatic hydroxyl groups is 1. The highest BCUT2D eigenvalue weighted by atomic mass is 19.1. The van der Waals surface area contributed by atoms with E-state index in [9.17, 15) is 18.4 Å². The first-order valence-corrected chi connectivity index (χ1v) is 11.1. The van der Waals surface area contributed by atoms with Crippen molar-refractivity contribution in [2.75, 3.05) is 25.1 Å². The van der Waals surface area contributed by atoms with Gasteiger partial charge in [-0.3, -0.25) is 5.32 Å². The maximum absolute atomic E-state index is 13.9. The number of aliphatic hydroxyl groups excluding tert-OH is 1. The van der Waals surface area contributed by atoms with Crippen molar-refractivity contribution in [2.24, 2.45) is 5.92 Å². The molecule has 0 aliphatic heterocycles. The molecule has 0 unspecified atom stereocenters. The summed E-state index contributed by atoms with van der Waals surface area (Å²) in [6.45, 7) is 3.89. The third-order valence-electron chi connectivity index (χ3n) is 4.76. The normalized spacial score (nSPS) is 12.9. The molecule has 0 heterocycles. The van der Waals surface area contributed by atoms with Crippen molar-refractivity contribution in [1.29, 1.82) is 0 Å². The molecule has 2 aromatic carbocycles. The molecule has 0 bridgehead atoms. The SMILES string of the molecule is CCOC(=O)/C=C/C=C/C[C@@H](C)[C@@H](OC(=O)Nc1ccc(F)cc1F)c1ccc(OCCO)cc1. The Morgan fingerprint density at radius 1 is 1.11 bits per heavy atom. The summed E-state index contributed by atoms with van der Waals surface area (Å²) in [5, 5.41) is 11.2. The summed E-state index contributed by atoms with van der Waals surface area (Å²) in [7, 11) is 0. The molecule has 0 radical (unpaired) electrons. The lowest BCUT2D eigenvalue weighted by Crippen LogP contribution is -2.22. The summed E-state index contributed by atoms with van der Waals surface area (Å²) < 4.78 is 42.9. The zero-order valence-corrected chi connectivity index (χ0v) is 19.6. The van der Waals surface area contributed by atoms with E-state index in [4.69, 9.17) is 19.3 Å². The molecule has 1 amide bonds. The largest absolute Gasteiger partial charge is 0.491 e. The van der Waals surface area contributed by atoms with E-state index >= 15 is 0 Å². The molecule has 0 saturated carbocycles. The van der Waals surface area contributed by atoms with Crippen LogP contribution >= 0.6 is 0 Å². The zero-order valence-electron chi connectivity index (χ0n) is 19.6. The fourth-order valence-electron chi connectivity index (χ4n) is 3.10. The molecule has 0 aromatic heterocycles. The topological polar surface area (TPSA) is 94.1 Å². The van der Waals surface area contributed by atoms with Crippen LogP contribution in [-0.2, 0) is 14.3 Å². The number of carbonyl (C=O) groups excluding carboxylic acids is 2. The Labute approximate surface area is 203 Å². The van der Waals surface area contributed by atoms with E-state index in [1.807, 2.05) is 13.0 Å². The molecule has 0 aliphatic carbocycles. The van der Waals surface area contributed by atoms with Gasteiger partial charge in [-0.25, -0.2) is 18.4 Å². The third kappa shape index (κ3) is 9.58. The molecular weight excluding hydrogens is 460 g/mol. The molecule has 35 heavy (non-hydrogen) atoms. The fourth-order valence-corrected chi connectivity index (χ4v) is 3.10. The van der Waals surface area contributed by atoms with Crippen molar-refractivity contribution in [1.82, 2.24) is 0 Å². The summed E-state index contributed by atoms with van der Waals surface area (Å²) in [5.74, 6) is -1.81. The highest BCUT2D eigenvalue weighted by Gasteiger charge is 2.24. The number of carbonyl (C=O) groups is 2. The van der Waals surface area contributed by atoms with Gasteiger partial charge in [0.1, 0.15) is 30.1 Å². The highest BCUT2D eigenvalue weighted by Crippen LogP contribution is 2.31. The monoisotopic (exact) mass is 489 g/mol. The fraction of sp³-hybridized carbons (Fsp3) is 0.308. The maximum Gasteiger partial charge on any atom is 0.412 e. The number of anilines is 1. The van der Waals surface area contributed by atoms with Crippen LogP contribution in [0, 0.1) is 17.6 Å². The average Bonchev–Trinajstić information content (AvgIpc) is 2.83. The van der Waals surface area contributed by atoms with Crippen molar-refractivity contribution in [2.45, 2.75) is 26.4 Å². The number of allylic oxidation sites excluding steroid dienone is 3. The summed E-state index contributed by atoms with van der Waals surface area (Å²) in [6, 6.07) is 9.62. The maximum atomic E-state index is 13.9. The van der Waals surface area contributed by atoms with Gasteiger partial charge in [0, 0.05) is 18.1 Å². The third-order valence-corrected chi connectivity index (χ3v) is 4.76. The summed E-state index contributed by atoms with van der Waals surface area (Å²) >= 11 is 0. The smallest absolute Gasteiger partial charge is 0.412 e. The number of amides is 1. The van der Waals surface area contributed by atoms with Crippen LogP contribution in [0.2, 0.25) is 0 Å². The van der Waals surface area contributed by atoms with Crippen LogP contribution in [0.3, 0.4) is 0 Å². The molecule has 0 spiro atoms. The Hall–Kier alpha value is -3.72. The Balaban J connectivity index is 2.13. The Morgan fingerprint density at radius 2 is 1.86 bits per heavy atom. The van der Waals surface area contributed by atoms with E-state index in [0.29, 0.717) is 23.8 Å². The van der Waals surface area contributed by atoms with E-state index in [2.05, 4.69) is 5.32 Å². The molecule has 0 saturated heterocycles. The summed E-state index contributed by atoms with van der Waals surface area (Å²) in [5.41, 5.74) is 0.457. The van der Waals surface area contributed by atoms with E-state index < -0.39 is 29.8 Å². The van der Waals surface area contributed by atoms with Gasteiger partial charge in [0.05, 0.1) is 18.9 Å². The minimum atomic E-state index is -0.923. The summed E-state index contributed by atoms with van der Waals surface area (Å²) in [6.07, 6.45) is 5.21. The van der Waals surface area contributed by atoms with E-state index in [-0.39, 0.29) is 31.4 Å². The number of ether oxygens (including phenoxy) is 3. The molecule has 2 N–H and O–H groups in total. The number of benzene rings is 2. The Kier molecular flexibility index (Phi) is 11.4. The molecule has 2 atom stereocenters. The number of hydrogen-bond acceptors (Lipinski definition) is 6. The molecule has 2 aromatic rings. The quantitative estimate of drug-likeness (QED) is 0.238. The van der Waals surface area contributed by atoms with Gasteiger partial charge >= 0.3 is 12.1 Å². The first kappa shape index (κ1) is 27.5. The number of halogens is 2. The summed E-state index contributed by atoms with van der Waals surface area (Å²) in [4.78, 5) is 23.9. The van der Waals surface area contributed by atoms with Gasteiger partial charge < -0.3 is 19.3 Å². The van der Waals surface area contributed by atoms with E-state index in [1.54, 1.807) is 43.3 Å². The van der Waals surface area contributed by atoms with Crippen LogP contribution < -0.4 is 10.1 Å². The zero-order chi connectivity index (χ0) is 25.6. The molecule has 9 heteroatoms. The molecule has 0 aliphatic rings. The van der Waals surface area contributed by atoms with Crippen LogP contribution in [0.5, 0.6) is 5.75 Å². The average molecular weight is 490 g/mol. The van der Waals surface area contributed by atoms with Crippen LogP contribution in [0.15, 0.2) is 66.8 Å². The Bertz CT molecular complexity index is 1020. The second-order valence-corrected chi connectivity index (χ2v) is 7.47. The van der Waals surface area contributed by atoms with Gasteiger partial charge in [0.2, 0.25) is 0 Å². The second-order valence-electron chi connectivity index (χ2n) is 7.47. The molecular formula is C26H29F2NO6. The van der Waals surface area contributed by atoms with Gasteiger partial charge in [-0.05, 0) is 43.2 Å². The molecule has 7 nitrogen and oxygen atoms in total. The van der Waals surface area contributed by atoms with Crippen molar-refractivity contribution in [3.8, 4) is 5.75 Å². The minimum absolute atomic E-state index is 0.123. The van der Waals surface area contributed by atoms with Crippen LogP contribution in [0.4, 0.5) is 19.3 Å². The second kappa shape index (κ2) is 14.5. The van der Waals surface area contributed by atoms with Gasteiger partial charge in [-0.15, -0.1) is 0 Å². The molecule has 188 valence electrons. The highest BCUT2D eigenvalue weighted by molar-refractivity contribution is 5.85. The van der Waals surface area contributed by atoms with E-state index in [1.165, 1.54) is 6.08 Å². The lowest BCUT2D eigenvalue weighted by Gasteiger charge is -2.24. The molecule has 2 rings (SSSR count). The van der Waals surface area contributed by atoms with Gasteiger partial charge in [0.25, 0.3) is 0 Å². The molecule has 0 fully saturated rings. The van der Waals surface area contributed by atoms with Crippen molar-refractivity contribution in [3.63, 3.8) is 0 Å². The lowest BCUT2D eigenvalue weighted by molar-refractivity contribution is -0.137. The predicted octanol–water partition coefficient (Wildman–Crippen LogP) is 5.33. The first-order valence-electron chi connectivity index (χ1n) is 11.1. The minimum Gasteiger partial charge on any atom is -0.491 e. The van der Waals surface area contributed by atoms with Gasteiger partial charge in [0.15, 0.2) is 0 Å². The predicted molar refractivity (Wildman–Crippen MR) is 127 cm³/mol. The van der Waals surface area contributed by atoms with Crippen molar-refractivity contribution in [3.05, 3.63) is 84.0 Å². The van der Waals surface area contributed by atoms with Crippen LogP contribution in [0.25, 0.3) is 0 Å². The van der Waals surface area contributed by atoms with Gasteiger partial charge in [-0.2, -0.15) is 0 Å². The number of hydrogen-bond donors (Lipinski definition) is 2. The van der Waals surface area contributed by atoms with Gasteiger partial charge in [-0.1, -0.05) is 37.3 Å². The van der Waals surface area contributed by atoms with Crippen LogP contribution in [-0.4, -0.2) is 37.0 Å². The number of esters is 1. The standard InChI is InChI=1S/C26H29F2NO6/c1-3-33-24(31)8-6-4-5-7-18(2)25(19-9-12-21(13-10-19)34-16-15-30)35-26(32)29-23-14-11-20(27)17-22(23)28/h4-6,8-14,17-18,25,30H,3,7,15-16H2,1-2H3,(H,29,32)/b5-4+,8-6+/t18-,25-/m1/s1. The Morgan fingerprint density at radius 3 is 2.51 bits per heavy atom. The van der Waals surface area contributed by atoms with Crippen LogP contribution in [0.1, 0.15) is 31.9 Å². The number of nitrogens with one attached hydrogen (secondary N) is 1. The lowest BCUT2D eigenvalue weighted by atomic mass is 9.94. The van der Waals surface area contributed by atoms with Crippen molar-refractivity contribution >= 4 is 17.7 Å². The van der Waals surface area contributed by atoms with Crippen molar-refractivity contribution < 1.29 is 37.7 Å². The number of rotatable bonds is 12. The first-order chi connectivity index (χ1) is 16.8.